The molecule has 13 heavy (non-hydrogen) atoms. The van der Waals surface area contributed by atoms with Crippen molar-refractivity contribution in [2.24, 2.45) is 0 Å². The number of hydrogen-bond donors (Lipinski definition) is 1. The van der Waals surface area contributed by atoms with Gasteiger partial charge in [0, 0.05) is 5.69 Å². The maximum Gasteiger partial charge on any atom is 0.212 e. The number of hydrogen-bond acceptors (Lipinski definition) is 3. The molecule has 0 radical (unpaired) electrons. The Morgan fingerprint density at radius 2 is 1.62 bits per heavy atom. The lowest BCUT2D eigenvalue weighted by molar-refractivity contribution is 0.598. The van der Waals surface area contributed by atoms with E-state index in [2.05, 4.69) is 0 Å². The van der Waals surface area contributed by atoms with Crippen LogP contribution in [0.15, 0.2) is 29.2 Å². The number of sulfone groups is 1. The third kappa shape index (κ3) is 2.27. The predicted octanol–water partition coefficient (Wildman–Crippen LogP) is 1.80. The molecule has 3 nitrogen and oxygen atoms in total. The van der Waals surface area contributed by atoms with Crippen molar-refractivity contribution in [3.63, 3.8) is 0 Å². The highest BCUT2D eigenvalue weighted by molar-refractivity contribution is 7.94. The molecule has 0 aliphatic carbocycles. The van der Waals surface area contributed by atoms with Crippen molar-refractivity contribution in [1.29, 1.82) is 0 Å². The van der Waals surface area contributed by atoms with Crippen molar-refractivity contribution >= 4 is 38.7 Å². The van der Waals surface area contributed by atoms with Crippen molar-refractivity contribution < 1.29 is 8.42 Å². The average molecular weight is 240 g/mol. The average Bonchev–Trinajstić information content (AvgIpc) is 2.04. The van der Waals surface area contributed by atoms with Crippen molar-refractivity contribution in [1.82, 2.24) is 0 Å². The number of nitrogens with two attached hydrogens (primary N) is 1. The molecular weight excluding hydrogens is 233 g/mol. The lowest BCUT2D eigenvalue weighted by Gasteiger charge is -2.04. The maximum absolute atomic E-state index is 11.3. The SMILES string of the molecule is Nc1ccc(S(=O)(=O)C(Cl)Cl)cc1. The molecule has 0 saturated heterocycles. The van der Waals surface area contributed by atoms with Crippen LogP contribution in [0.2, 0.25) is 0 Å². The highest BCUT2D eigenvalue weighted by Crippen LogP contribution is 2.22. The van der Waals surface area contributed by atoms with Crippen molar-refractivity contribution in [3.05, 3.63) is 24.3 Å². The van der Waals surface area contributed by atoms with Gasteiger partial charge in [-0.1, -0.05) is 23.2 Å². The molecule has 1 aromatic carbocycles. The Morgan fingerprint density at radius 1 is 1.15 bits per heavy atom. The molecule has 0 unspecified atom stereocenters. The van der Waals surface area contributed by atoms with Crippen LogP contribution in [-0.4, -0.2) is 12.6 Å². The van der Waals surface area contributed by atoms with E-state index in [9.17, 15) is 8.42 Å². The first-order chi connectivity index (χ1) is 5.94. The lowest BCUT2D eigenvalue weighted by atomic mass is 10.3. The smallest absolute Gasteiger partial charge is 0.212 e. The zero-order chi connectivity index (χ0) is 10.1. The highest BCUT2D eigenvalue weighted by atomic mass is 35.5. The summed E-state index contributed by atoms with van der Waals surface area (Å²) in [6, 6.07) is 5.68. The first-order valence-corrected chi connectivity index (χ1v) is 5.74. The maximum atomic E-state index is 11.3. The highest BCUT2D eigenvalue weighted by Gasteiger charge is 2.22. The van der Waals surface area contributed by atoms with Gasteiger partial charge in [0.05, 0.1) is 4.90 Å². The molecular formula is C7H7Cl2NO2S. The molecule has 0 bridgehead atoms. The summed E-state index contributed by atoms with van der Waals surface area (Å²) in [5, 5.41) is 0. The molecule has 0 amide bonds. The first kappa shape index (κ1) is 10.6. The number of halogens is 2. The van der Waals surface area contributed by atoms with Gasteiger partial charge >= 0.3 is 0 Å². The van der Waals surface area contributed by atoms with Gasteiger partial charge in [-0.15, -0.1) is 0 Å². The number of nitrogen functional groups attached to an aromatic ring is 1. The summed E-state index contributed by atoms with van der Waals surface area (Å²) < 4.78 is 21.2. The summed E-state index contributed by atoms with van der Waals surface area (Å²) in [5.41, 5.74) is 5.87. The lowest BCUT2D eigenvalue weighted by Crippen LogP contribution is -2.09. The second kappa shape index (κ2) is 3.74. The van der Waals surface area contributed by atoms with E-state index >= 15 is 0 Å². The second-order valence-electron chi connectivity index (χ2n) is 2.37. The number of benzene rings is 1. The van der Waals surface area contributed by atoms with Crippen LogP contribution in [0.25, 0.3) is 0 Å². The van der Waals surface area contributed by atoms with E-state index in [1.165, 1.54) is 24.3 Å². The van der Waals surface area contributed by atoms with E-state index < -0.39 is 14.0 Å². The van der Waals surface area contributed by atoms with Crippen LogP contribution >= 0.6 is 23.2 Å². The monoisotopic (exact) mass is 239 g/mol. The summed E-state index contributed by atoms with van der Waals surface area (Å²) in [7, 11) is -3.62. The molecule has 0 aromatic heterocycles. The Morgan fingerprint density at radius 3 is 2.00 bits per heavy atom. The van der Waals surface area contributed by atoms with Gasteiger partial charge in [-0.05, 0) is 24.3 Å². The normalized spacial score (nSPS) is 11.9. The molecule has 1 aromatic rings. The van der Waals surface area contributed by atoms with Crippen LogP contribution in [0, 0.1) is 0 Å². The van der Waals surface area contributed by atoms with Crippen LogP contribution in [-0.2, 0) is 9.84 Å². The van der Waals surface area contributed by atoms with Gasteiger partial charge in [0.2, 0.25) is 14.0 Å². The Labute approximate surface area is 86.4 Å². The molecule has 1 rings (SSSR count). The summed E-state index contributed by atoms with van der Waals surface area (Å²) in [5.74, 6) is 0. The zero-order valence-corrected chi connectivity index (χ0v) is 8.77. The Balaban J connectivity index is 3.17. The summed E-state index contributed by atoms with van der Waals surface area (Å²) in [6.45, 7) is 0. The van der Waals surface area contributed by atoms with Gasteiger partial charge in [-0.2, -0.15) is 0 Å². The van der Waals surface area contributed by atoms with E-state index in [0.29, 0.717) is 5.69 Å². The molecule has 0 saturated carbocycles. The van der Waals surface area contributed by atoms with Gasteiger partial charge < -0.3 is 5.73 Å². The molecule has 0 spiro atoms. The van der Waals surface area contributed by atoms with Crippen molar-refractivity contribution in [2.75, 3.05) is 5.73 Å². The largest absolute Gasteiger partial charge is 0.399 e. The van der Waals surface area contributed by atoms with E-state index in [4.69, 9.17) is 28.9 Å². The van der Waals surface area contributed by atoms with Crippen molar-refractivity contribution in [2.45, 2.75) is 9.06 Å². The van der Waals surface area contributed by atoms with E-state index in [-0.39, 0.29) is 4.90 Å². The van der Waals surface area contributed by atoms with Crippen LogP contribution in [0.4, 0.5) is 5.69 Å². The van der Waals surface area contributed by atoms with Crippen LogP contribution in [0.1, 0.15) is 0 Å². The van der Waals surface area contributed by atoms with Gasteiger partial charge in [-0.25, -0.2) is 8.42 Å². The molecule has 0 heterocycles. The summed E-state index contributed by atoms with van der Waals surface area (Å²) in [4.78, 5) is 0.0664. The standard InChI is InChI=1S/C7H7Cl2NO2S/c8-7(9)13(11,12)6-3-1-5(10)2-4-6/h1-4,7H,10H2. The zero-order valence-electron chi connectivity index (χ0n) is 6.44. The Bertz CT molecular complexity index is 385. The van der Waals surface area contributed by atoms with E-state index in [1.54, 1.807) is 0 Å². The third-order valence-corrected chi connectivity index (χ3v) is 4.25. The first-order valence-electron chi connectivity index (χ1n) is 3.32. The van der Waals surface area contributed by atoms with Crippen LogP contribution in [0.3, 0.4) is 0 Å². The quantitative estimate of drug-likeness (QED) is 0.633. The van der Waals surface area contributed by atoms with Crippen LogP contribution < -0.4 is 5.73 Å². The minimum Gasteiger partial charge on any atom is -0.399 e. The van der Waals surface area contributed by atoms with Gasteiger partial charge in [0.1, 0.15) is 0 Å². The molecule has 0 aliphatic heterocycles. The second-order valence-corrected chi connectivity index (χ2v) is 6.02. The summed E-state index contributed by atoms with van der Waals surface area (Å²) >= 11 is 10.6. The molecule has 72 valence electrons. The van der Waals surface area contributed by atoms with E-state index in [0.717, 1.165) is 0 Å². The number of rotatable bonds is 2. The fraction of sp³-hybridized carbons (Fsp3) is 0.143. The van der Waals surface area contributed by atoms with Gasteiger partial charge in [-0.3, -0.25) is 0 Å². The Kier molecular flexibility index (Phi) is 3.05. The minimum atomic E-state index is -3.62. The molecule has 0 fully saturated rings. The topological polar surface area (TPSA) is 60.2 Å². The number of anilines is 1. The predicted molar refractivity (Wildman–Crippen MR) is 53.5 cm³/mol. The van der Waals surface area contributed by atoms with Gasteiger partial charge in [0.15, 0.2) is 0 Å². The molecule has 2 N–H and O–H groups in total. The van der Waals surface area contributed by atoms with Crippen LogP contribution in [0.5, 0.6) is 0 Å². The van der Waals surface area contributed by atoms with Crippen molar-refractivity contribution in [3.8, 4) is 0 Å². The fourth-order valence-electron chi connectivity index (χ4n) is 0.760. The molecule has 0 aliphatic rings. The fourth-order valence-corrected chi connectivity index (χ4v) is 2.10. The minimum absolute atomic E-state index is 0.0664. The third-order valence-electron chi connectivity index (χ3n) is 1.44. The molecule has 0 atom stereocenters. The van der Waals surface area contributed by atoms with E-state index in [1.807, 2.05) is 0 Å². The summed E-state index contributed by atoms with van der Waals surface area (Å²) in [6.07, 6.45) is 0. The Hall–Kier alpha value is -0.450. The van der Waals surface area contributed by atoms with Gasteiger partial charge in [0.25, 0.3) is 0 Å². The number of alkyl halides is 2. The molecule has 6 heteroatoms.